The number of hydrogen-bond donors (Lipinski definition) is 0. The van der Waals surface area contributed by atoms with Gasteiger partial charge in [0, 0.05) is 22.5 Å². The highest BCUT2D eigenvalue weighted by molar-refractivity contribution is 6.30. The van der Waals surface area contributed by atoms with Crippen LogP contribution < -0.4 is 0 Å². The fourth-order valence-corrected chi connectivity index (χ4v) is 4.17. The van der Waals surface area contributed by atoms with Gasteiger partial charge in [-0.1, -0.05) is 90.5 Å². The molecule has 0 saturated heterocycles. The molecule has 1 aromatic heterocycles. The standard InChI is InChI=1S/C30H23ClN2/c1-22-10-8-9-15-28(22)32-21-25-20-29(23-11-4-2-5-12-23)33(27-18-16-26(31)17-19-27)30(25)24-13-6-3-7-14-24/h2-21H,1H3. The highest BCUT2D eigenvalue weighted by atomic mass is 35.5. The van der Waals surface area contributed by atoms with Gasteiger partial charge in [-0.15, -0.1) is 0 Å². The molecule has 0 aliphatic rings. The van der Waals surface area contributed by atoms with Crippen molar-refractivity contribution in [1.29, 1.82) is 0 Å². The number of nitrogens with zero attached hydrogens (tertiary/aromatic N) is 2. The quantitative estimate of drug-likeness (QED) is 0.241. The second-order valence-corrected chi connectivity index (χ2v) is 8.36. The molecule has 0 aliphatic carbocycles. The van der Waals surface area contributed by atoms with Gasteiger partial charge in [0.05, 0.1) is 17.1 Å². The molecule has 0 unspecified atom stereocenters. The zero-order valence-electron chi connectivity index (χ0n) is 18.3. The Labute approximate surface area is 199 Å². The Morgan fingerprint density at radius 1 is 0.697 bits per heavy atom. The number of rotatable bonds is 5. The third-order valence-corrected chi connectivity index (χ3v) is 5.94. The number of halogens is 1. The van der Waals surface area contributed by atoms with Crippen LogP contribution >= 0.6 is 11.6 Å². The number of aliphatic imine (C=N–C) groups is 1. The number of benzene rings is 4. The SMILES string of the molecule is Cc1ccccc1N=Cc1cc(-c2ccccc2)n(-c2ccc(Cl)cc2)c1-c1ccccc1. The van der Waals surface area contributed by atoms with Crippen molar-refractivity contribution < 1.29 is 0 Å². The molecule has 0 amide bonds. The molecular weight excluding hydrogens is 424 g/mol. The smallest absolute Gasteiger partial charge is 0.0659 e. The first-order valence-electron chi connectivity index (χ1n) is 10.9. The lowest BCUT2D eigenvalue weighted by molar-refractivity contribution is 1.09. The van der Waals surface area contributed by atoms with E-state index in [4.69, 9.17) is 16.6 Å². The van der Waals surface area contributed by atoms with Crippen molar-refractivity contribution in [1.82, 2.24) is 4.57 Å². The summed E-state index contributed by atoms with van der Waals surface area (Å²) in [7, 11) is 0. The van der Waals surface area contributed by atoms with E-state index in [9.17, 15) is 0 Å². The number of para-hydroxylation sites is 1. The summed E-state index contributed by atoms with van der Waals surface area (Å²) in [6.07, 6.45) is 1.98. The normalized spacial score (nSPS) is 11.2. The zero-order valence-corrected chi connectivity index (χ0v) is 19.1. The molecule has 160 valence electrons. The molecule has 3 heteroatoms. The van der Waals surface area contributed by atoms with E-state index in [1.54, 1.807) is 0 Å². The lowest BCUT2D eigenvalue weighted by Gasteiger charge is -2.15. The van der Waals surface area contributed by atoms with Crippen molar-refractivity contribution in [3.63, 3.8) is 0 Å². The summed E-state index contributed by atoms with van der Waals surface area (Å²) in [5, 5.41) is 0.717. The molecule has 5 aromatic rings. The van der Waals surface area contributed by atoms with Gasteiger partial charge in [-0.3, -0.25) is 4.99 Å². The third-order valence-electron chi connectivity index (χ3n) is 5.69. The van der Waals surface area contributed by atoms with Gasteiger partial charge in [0.1, 0.15) is 0 Å². The minimum absolute atomic E-state index is 0.717. The van der Waals surface area contributed by atoms with Crippen molar-refractivity contribution in [2.45, 2.75) is 6.92 Å². The average Bonchev–Trinajstić information content (AvgIpc) is 3.24. The maximum absolute atomic E-state index is 6.22. The first-order valence-corrected chi connectivity index (χ1v) is 11.3. The molecule has 0 fully saturated rings. The topological polar surface area (TPSA) is 17.3 Å². The van der Waals surface area contributed by atoms with Crippen molar-refractivity contribution >= 4 is 23.5 Å². The zero-order chi connectivity index (χ0) is 22.6. The Kier molecular flexibility index (Phi) is 5.93. The van der Waals surface area contributed by atoms with Crippen molar-refractivity contribution in [2.24, 2.45) is 4.99 Å². The molecule has 0 radical (unpaired) electrons. The summed E-state index contributed by atoms with van der Waals surface area (Å²) in [6.45, 7) is 2.08. The predicted octanol–water partition coefficient (Wildman–Crippen LogP) is 8.52. The number of hydrogen-bond acceptors (Lipinski definition) is 1. The fraction of sp³-hybridized carbons (Fsp3) is 0.0333. The van der Waals surface area contributed by atoms with Crippen molar-refractivity contribution in [3.8, 4) is 28.2 Å². The van der Waals surface area contributed by atoms with Gasteiger partial charge < -0.3 is 4.57 Å². The van der Waals surface area contributed by atoms with Gasteiger partial charge in [-0.2, -0.15) is 0 Å². The molecule has 33 heavy (non-hydrogen) atoms. The van der Waals surface area contributed by atoms with Gasteiger partial charge in [0.2, 0.25) is 0 Å². The summed E-state index contributed by atoms with van der Waals surface area (Å²) in [5.74, 6) is 0. The van der Waals surface area contributed by atoms with Crippen LogP contribution in [-0.2, 0) is 0 Å². The van der Waals surface area contributed by atoms with E-state index < -0.39 is 0 Å². The van der Waals surface area contributed by atoms with Crippen LogP contribution in [-0.4, -0.2) is 10.8 Å². The van der Waals surface area contributed by atoms with Gasteiger partial charge in [0.15, 0.2) is 0 Å². The van der Waals surface area contributed by atoms with E-state index in [0.717, 1.165) is 50.0 Å². The summed E-state index contributed by atoms with van der Waals surface area (Å²) in [6, 6.07) is 39.3. The van der Waals surface area contributed by atoms with E-state index >= 15 is 0 Å². The number of aromatic nitrogens is 1. The molecule has 5 rings (SSSR count). The largest absolute Gasteiger partial charge is 0.309 e. The second-order valence-electron chi connectivity index (χ2n) is 7.92. The van der Waals surface area contributed by atoms with Crippen LogP contribution in [0.3, 0.4) is 0 Å². The summed E-state index contributed by atoms with van der Waals surface area (Å²) < 4.78 is 2.29. The lowest BCUT2D eigenvalue weighted by atomic mass is 10.1. The Morgan fingerprint density at radius 2 is 1.30 bits per heavy atom. The van der Waals surface area contributed by atoms with Gasteiger partial charge in [-0.25, -0.2) is 0 Å². The number of aryl methyl sites for hydroxylation is 1. The monoisotopic (exact) mass is 446 g/mol. The molecular formula is C30H23ClN2. The Hall–Kier alpha value is -3.88. The Bertz CT molecular complexity index is 1400. The van der Waals surface area contributed by atoms with E-state index in [1.165, 1.54) is 0 Å². The molecule has 0 atom stereocenters. The molecule has 0 saturated carbocycles. The minimum Gasteiger partial charge on any atom is -0.309 e. The Morgan fingerprint density at radius 3 is 1.97 bits per heavy atom. The third kappa shape index (κ3) is 4.39. The molecule has 2 nitrogen and oxygen atoms in total. The van der Waals surface area contributed by atoms with Crippen LogP contribution in [0.2, 0.25) is 5.02 Å². The molecule has 1 heterocycles. The first-order chi connectivity index (χ1) is 16.2. The first kappa shape index (κ1) is 21.0. The van der Waals surface area contributed by atoms with Crippen molar-refractivity contribution in [2.75, 3.05) is 0 Å². The lowest BCUT2D eigenvalue weighted by Crippen LogP contribution is -2.00. The fourth-order valence-electron chi connectivity index (χ4n) is 4.05. The van der Waals surface area contributed by atoms with Crippen LogP contribution in [0.15, 0.2) is 120 Å². The van der Waals surface area contributed by atoms with E-state index in [-0.39, 0.29) is 0 Å². The summed E-state index contributed by atoms with van der Waals surface area (Å²) in [4.78, 5) is 4.86. The summed E-state index contributed by atoms with van der Waals surface area (Å²) in [5.41, 5.74) is 8.68. The molecule has 4 aromatic carbocycles. The van der Waals surface area contributed by atoms with Crippen LogP contribution in [0.4, 0.5) is 5.69 Å². The maximum atomic E-state index is 6.22. The van der Waals surface area contributed by atoms with E-state index in [1.807, 2.05) is 48.7 Å². The van der Waals surface area contributed by atoms with Gasteiger partial charge in [0.25, 0.3) is 0 Å². The minimum atomic E-state index is 0.717. The van der Waals surface area contributed by atoms with E-state index in [0.29, 0.717) is 0 Å². The molecule has 0 bridgehead atoms. The van der Waals surface area contributed by atoms with Crippen LogP contribution in [0, 0.1) is 6.92 Å². The molecule has 0 N–H and O–H groups in total. The van der Waals surface area contributed by atoms with E-state index in [2.05, 4.69) is 84.3 Å². The van der Waals surface area contributed by atoms with Crippen LogP contribution in [0.5, 0.6) is 0 Å². The van der Waals surface area contributed by atoms with Gasteiger partial charge >= 0.3 is 0 Å². The highest BCUT2D eigenvalue weighted by Gasteiger charge is 2.18. The van der Waals surface area contributed by atoms with Crippen LogP contribution in [0.25, 0.3) is 28.2 Å². The van der Waals surface area contributed by atoms with Crippen molar-refractivity contribution in [3.05, 3.63) is 131 Å². The second kappa shape index (κ2) is 9.32. The van der Waals surface area contributed by atoms with Crippen LogP contribution in [0.1, 0.15) is 11.1 Å². The predicted molar refractivity (Wildman–Crippen MR) is 140 cm³/mol. The Balaban J connectivity index is 1.78. The highest BCUT2D eigenvalue weighted by Crippen LogP contribution is 2.36. The molecule has 0 aliphatic heterocycles. The molecule has 0 spiro atoms. The average molecular weight is 447 g/mol. The van der Waals surface area contributed by atoms with Gasteiger partial charge in [-0.05, 0) is 60.0 Å². The summed E-state index contributed by atoms with van der Waals surface area (Å²) >= 11 is 6.22. The maximum Gasteiger partial charge on any atom is 0.0659 e.